The van der Waals surface area contributed by atoms with Crippen LogP contribution in [-0.4, -0.2) is 18.6 Å². The third-order valence-corrected chi connectivity index (χ3v) is 3.13. The van der Waals surface area contributed by atoms with Crippen molar-refractivity contribution < 1.29 is 49.0 Å². The Morgan fingerprint density at radius 2 is 1.67 bits per heavy atom. The van der Waals surface area contributed by atoms with Crippen molar-refractivity contribution in [1.29, 1.82) is 0 Å². The van der Waals surface area contributed by atoms with Crippen molar-refractivity contribution >= 4 is 6.09 Å². The molecule has 1 aromatic rings. The Morgan fingerprint density at radius 1 is 1.08 bits per heavy atom. The van der Waals surface area contributed by atoms with Gasteiger partial charge in [-0.3, -0.25) is 0 Å². The standard InChI is InChI=1S/C12H6F9NO2/c13-6-2-4(11(16,17)18)1-5(12(19,20)21)7(6)8-10(14,15)3-24-9(23)22-8/h1-2,8H,3H2,(H,22,23)/t8-/m0/s1. The first-order valence-electron chi connectivity index (χ1n) is 6.02. The monoisotopic (exact) mass is 367 g/mol. The van der Waals surface area contributed by atoms with Gasteiger partial charge in [-0.25, -0.2) is 18.0 Å². The summed E-state index contributed by atoms with van der Waals surface area (Å²) in [6.45, 7) is -1.65. The molecule has 134 valence electrons. The Morgan fingerprint density at radius 3 is 2.17 bits per heavy atom. The predicted octanol–water partition coefficient (Wildman–Crippen LogP) is 4.28. The second-order valence-corrected chi connectivity index (χ2v) is 4.83. The minimum atomic E-state index is -5.57. The molecule has 1 aliphatic rings. The summed E-state index contributed by atoms with van der Waals surface area (Å²) in [6, 6.07) is -3.67. The van der Waals surface area contributed by atoms with Crippen LogP contribution in [0.4, 0.5) is 44.3 Å². The van der Waals surface area contributed by atoms with Crippen molar-refractivity contribution in [2.45, 2.75) is 24.3 Å². The number of carbonyl (C=O) groups is 1. The van der Waals surface area contributed by atoms with Crippen LogP contribution in [0.5, 0.6) is 0 Å². The number of halogens is 9. The van der Waals surface area contributed by atoms with E-state index in [0.717, 1.165) is 0 Å². The average Bonchev–Trinajstić information content (AvgIpc) is 2.39. The number of carbonyl (C=O) groups excluding carboxylic acids is 1. The number of nitrogens with one attached hydrogen (secondary N) is 1. The van der Waals surface area contributed by atoms with Gasteiger partial charge < -0.3 is 10.1 Å². The lowest BCUT2D eigenvalue weighted by Gasteiger charge is -2.33. The molecule has 1 aliphatic heterocycles. The van der Waals surface area contributed by atoms with E-state index in [-0.39, 0.29) is 6.07 Å². The van der Waals surface area contributed by atoms with E-state index in [0.29, 0.717) is 0 Å². The number of alkyl halides is 8. The highest BCUT2D eigenvalue weighted by molar-refractivity contribution is 5.69. The summed E-state index contributed by atoms with van der Waals surface area (Å²) in [5, 5.41) is 1.30. The third-order valence-electron chi connectivity index (χ3n) is 3.13. The minimum absolute atomic E-state index is 0.345. The molecule has 24 heavy (non-hydrogen) atoms. The molecule has 0 radical (unpaired) electrons. The summed E-state index contributed by atoms with van der Waals surface area (Å²) in [4.78, 5) is 11.0. The fourth-order valence-electron chi connectivity index (χ4n) is 2.10. The van der Waals surface area contributed by atoms with Gasteiger partial charge in [0.15, 0.2) is 6.61 Å². The van der Waals surface area contributed by atoms with E-state index in [1.54, 1.807) is 0 Å². The zero-order valence-corrected chi connectivity index (χ0v) is 11.2. The first-order valence-corrected chi connectivity index (χ1v) is 6.02. The summed E-state index contributed by atoms with van der Waals surface area (Å²) >= 11 is 0. The lowest BCUT2D eigenvalue weighted by Crippen LogP contribution is -2.50. The van der Waals surface area contributed by atoms with Crippen molar-refractivity contribution in [3.8, 4) is 0 Å². The van der Waals surface area contributed by atoms with Gasteiger partial charge in [0, 0.05) is 5.56 Å². The van der Waals surface area contributed by atoms with Crippen LogP contribution in [0.3, 0.4) is 0 Å². The normalized spacial score (nSPS) is 21.2. The molecular formula is C12H6F9NO2. The number of alkyl carbamates (subject to hydrolysis) is 1. The Balaban J connectivity index is 2.71. The number of cyclic esters (lactones) is 1. The van der Waals surface area contributed by atoms with E-state index in [2.05, 4.69) is 4.74 Å². The van der Waals surface area contributed by atoms with Crippen LogP contribution in [0.15, 0.2) is 12.1 Å². The topological polar surface area (TPSA) is 38.3 Å². The molecule has 0 unspecified atom stereocenters. The van der Waals surface area contributed by atoms with Crippen LogP contribution in [0.25, 0.3) is 0 Å². The summed E-state index contributed by atoms with van der Waals surface area (Å²) in [7, 11) is 0. The molecule has 3 nitrogen and oxygen atoms in total. The summed E-state index contributed by atoms with van der Waals surface area (Å²) < 4.78 is 122. The van der Waals surface area contributed by atoms with Crippen molar-refractivity contribution in [1.82, 2.24) is 5.32 Å². The maximum atomic E-state index is 13.9. The van der Waals surface area contributed by atoms with E-state index in [4.69, 9.17) is 0 Å². The van der Waals surface area contributed by atoms with Crippen molar-refractivity contribution in [2.75, 3.05) is 6.61 Å². The van der Waals surface area contributed by atoms with Gasteiger partial charge in [-0.2, -0.15) is 26.3 Å². The van der Waals surface area contributed by atoms with Crippen molar-refractivity contribution in [3.63, 3.8) is 0 Å². The molecule has 1 saturated heterocycles. The van der Waals surface area contributed by atoms with Crippen molar-refractivity contribution in [2.24, 2.45) is 0 Å². The van der Waals surface area contributed by atoms with E-state index in [1.807, 2.05) is 0 Å². The molecule has 1 aromatic carbocycles. The number of ether oxygens (including phenoxy) is 1. The molecule has 0 saturated carbocycles. The SMILES string of the molecule is O=C1N[C@@H](c2c(F)cc(C(F)(F)F)cc2C(F)(F)F)C(F)(F)CO1. The van der Waals surface area contributed by atoms with E-state index in [1.165, 1.54) is 5.32 Å². The largest absolute Gasteiger partial charge is 0.443 e. The van der Waals surface area contributed by atoms with Crippen LogP contribution in [0, 0.1) is 5.82 Å². The number of hydrogen-bond acceptors (Lipinski definition) is 2. The molecule has 0 bridgehead atoms. The Hall–Kier alpha value is -2.14. The van der Waals surface area contributed by atoms with Gasteiger partial charge in [0.25, 0.3) is 0 Å². The van der Waals surface area contributed by atoms with E-state index < -0.39 is 65.6 Å². The number of hydrogen-bond donors (Lipinski definition) is 1. The molecule has 1 N–H and O–H groups in total. The Kier molecular flexibility index (Phi) is 4.13. The van der Waals surface area contributed by atoms with Gasteiger partial charge >= 0.3 is 24.4 Å². The molecule has 0 aliphatic carbocycles. The Bertz CT molecular complexity index is 666. The molecule has 1 fully saturated rings. The highest BCUT2D eigenvalue weighted by atomic mass is 19.4. The van der Waals surface area contributed by atoms with Gasteiger partial charge in [-0.15, -0.1) is 0 Å². The maximum absolute atomic E-state index is 13.9. The highest BCUT2D eigenvalue weighted by Crippen LogP contribution is 2.44. The van der Waals surface area contributed by atoms with E-state index >= 15 is 0 Å². The zero-order valence-electron chi connectivity index (χ0n) is 11.2. The quantitative estimate of drug-likeness (QED) is 0.753. The first-order chi connectivity index (χ1) is 10.7. The second kappa shape index (κ2) is 5.45. The molecule has 2 rings (SSSR count). The number of rotatable bonds is 1. The minimum Gasteiger partial charge on any atom is -0.443 e. The smallest absolute Gasteiger partial charge is 0.416 e. The second-order valence-electron chi connectivity index (χ2n) is 4.83. The molecule has 0 aromatic heterocycles. The average molecular weight is 367 g/mol. The summed E-state index contributed by atoms with van der Waals surface area (Å²) in [5.74, 6) is -6.35. The van der Waals surface area contributed by atoms with E-state index in [9.17, 15) is 44.3 Å². The fraction of sp³-hybridized carbons (Fsp3) is 0.417. The fourth-order valence-corrected chi connectivity index (χ4v) is 2.10. The zero-order chi connectivity index (χ0) is 18.5. The Labute approximate surface area is 127 Å². The molecule has 0 spiro atoms. The van der Waals surface area contributed by atoms with Gasteiger partial charge in [-0.1, -0.05) is 0 Å². The van der Waals surface area contributed by atoms with Gasteiger partial charge in [0.05, 0.1) is 11.1 Å². The number of benzene rings is 1. The summed E-state index contributed by atoms with van der Waals surface area (Å²) in [5.41, 5.74) is -6.06. The van der Waals surface area contributed by atoms with Crippen LogP contribution in [-0.2, 0) is 17.1 Å². The van der Waals surface area contributed by atoms with Gasteiger partial charge in [-0.05, 0) is 12.1 Å². The molecule has 1 atom stereocenters. The molecule has 1 heterocycles. The van der Waals surface area contributed by atoms with Crippen molar-refractivity contribution in [3.05, 3.63) is 34.6 Å². The van der Waals surface area contributed by atoms with Crippen LogP contribution < -0.4 is 5.32 Å². The van der Waals surface area contributed by atoms with Crippen LogP contribution >= 0.6 is 0 Å². The first kappa shape index (κ1) is 18.2. The lowest BCUT2D eigenvalue weighted by molar-refractivity contribution is -0.146. The highest BCUT2D eigenvalue weighted by Gasteiger charge is 2.52. The molecule has 12 heteroatoms. The maximum Gasteiger partial charge on any atom is 0.416 e. The van der Waals surface area contributed by atoms with Gasteiger partial charge in [0.1, 0.15) is 11.9 Å². The number of amides is 1. The third kappa shape index (κ3) is 3.36. The van der Waals surface area contributed by atoms with Gasteiger partial charge in [0.2, 0.25) is 0 Å². The van der Waals surface area contributed by atoms with Crippen LogP contribution in [0.1, 0.15) is 22.7 Å². The molecular weight excluding hydrogens is 361 g/mol. The lowest BCUT2D eigenvalue weighted by atomic mass is 9.92. The predicted molar refractivity (Wildman–Crippen MR) is 58.6 cm³/mol. The summed E-state index contributed by atoms with van der Waals surface area (Å²) in [6.07, 6.45) is -12.5. The van der Waals surface area contributed by atoms with Crippen LogP contribution in [0.2, 0.25) is 0 Å². The molecule has 1 amide bonds.